The SMILES string of the molecule is COc1cc(C)ccc1NC1COCc2ccccc21. The van der Waals surface area contributed by atoms with Gasteiger partial charge in [-0.15, -0.1) is 0 Å². The van der Waals surface area contributed by atoms with Gasteiger partial charge in [-0.2, -0.15) is 0 Å². The molecule has 0 saturated carbocycles. The molecule has 3 nitrogen and oxygen atoms in total. The molecule has 0 radical (unpaired) electrons. The van der Waals surface area contributed by atoms with E-state index in [1.165, 1.54) is 16.7 Å². The minimum Gasteiger partial charge on any atom is -0.495 e. The number of fused-ring (bicyclic) bond motifs is 1. The molecule has 104 valence electrons. The molecule has 0 bridgehead atoms. The van der Waals surface area contributed by atoms with Crippen LogP contribution in [0.3, 0.4) is 0 Å². The lowest BCUT2D eigenvalue weighted by Crippen LogP contribution is -2.23. The Morgan fingerprint density at radius 3 is 2.90 bits per heavy atom. The van der Waals surface area contributed by atoms with Crippen molar-refractivity contribution in [2.24, 2.45) is 0 Å². The minimum atomic E-state index is 0.163. The predicted molar refractivity (Wildman–Crippen MR) is 80.2 cm³/mol. The standard InChI is InChI=1S/C17H19NO2/c1-12-7-8-15(17(9-12)19-2)18-16-11-20-10-13-5-3-4-6-14(13)16/h3-9,16,18H,10-11H2,1-2H3. The van der Waals surface area contributed by atoms with Crippen molar-refractivity contribution in [1.82, 2.24) is 0 Å². The molecule has 0 aliphatic carbocycles. The number of aryl methyl sites for hydroxylation is 1. The maximum Gasteiger partial charge on any atom is 0.142 e. The Labute approximate surface area is 119 Å². The van der Waals surface area contributed by atoms with Gasteiger partial charge in [0.05, 0.1) is 32.1 Å². The molecule has 1 heterocycles. The summed E-state index contributed by atoms with van der Waals surface area (Å²) in [5, 5.41) is 3.53. The zero-order valence-electron chi connectivity index (χ0n) is 11.8. The van der Waals surface area contributed by atoms with Crippen molar-refractivity contribution in [3.05, 3.63) is 59.2 Å². The Kier molecular flexibility index (Phi) is 3.61. The van der Waals surface area contributed by atoms with Gasteiger partial charge in [-0.05, 0) is 35.7 Å². The largest absolute Gasteiger partial charge is 0.495 e. The molecule has 1 N–H and O–H groups in total. The fourth-order valence-electron chi connectivity index (χ4n) is 2.61. The van der Waals surface area contributed by atoms with E-state index in [-0.39, 0.29) is 6.04 Å². The second-order valence-electron chi connectivity index (χ2n) is 5.11. The van der Waals surface area contributed by atoms with E-state index in [1.807, 2.05) is 6.07 Å². The van der Waals surface area contributed by atoms with Gasteiger partial charge in [0, 0.05) is 0 Å². The van der Waals surface area contributed by atoms with E-state index in [0.717, 1.165) is 11.4 Å². The van der Waals surface area contributed by atoms with Crippen LogP contribution in [0, 0.1) is 6.92 Å². The van der Waals surface area contributed by atoms with Crippen LogP contribution in [0.5, 0.6) is 5.75 Å². The number of hydrogen-bond donors (Lipinski definition) is 1. The number of anilines is 1. The van der Waals surface area contributed by atoms with Crippen molar-refractivity contribution in [1.29, 1.82) is 0 Å². The number of methoxy groups -OCH3 is 1. The topological polar surface area (TPSA) is 30.5 Å². The third-order valence-electron chi connectivity index (χ3n) is 3.66. The first-order valence-electron chi connectivity index (χ1n) is 6.84. The van der Waals surface area contributed by atoms with Gasteiger partial charge < -0.3 is 14.8 Å². The lowest BCUT2D eigenvalue weighted by Gasteiger charge is -2.28. The summed E-state index contributed by atoms with van der Waals surface area (Å²) in [4.78, 5) is 0. The Bertz CT molecular complexity index is 610. The third kappa shape index (κ3) is 2.49. The summed E-state index contributed by atoms with van der Waals surface area (Å²) in [5.41, 5.74) is 4.75. The van der Waals surface area contributed by atoms with E-state index in [2.05, 4.69) is 48.6 Å². The van der Waals surface area contributed by atoms with Crippen molar-refractivity contribution in [3.8, 4) is 5.75 Å². The van der Waals surface area contributed by atoms with Crippen molar-refractivity contribution in [2.75, 3.05) is 19.0 Å². The molecule has 1 aliphatic heterocycles. The van der Waals surface area contributed by atoms with Gasteiger partial charge in [0.15, 0.2) is 0 Å². The van der Waals surface area contributed by atoms with Gasteiger partial charge >= 0.3 is 0 Å². The van der Waals surface area contributed by atoms with Gasteiger partial charge in [0.25, 0.3) is 0 Å². The second-order valence-corrected chi connectivity index (χ2v) is 5.11. The summed E-state index contributed by atoms with van der Waals surface area (Å²) in [6.07, 6.45) is 0. The maximum absolute atomic E-state index is 5.67. The van der Waals surface area contributed by atoms with Crippen LogP contribution in [0.4, 0.5) is 5.69 Å². The summed E-state index contributed by atoms with van der Waals surface area (Å²) in [7, 11) is 1.70. The first-order chi connectivity index (χ1) is 9.78. The van der Waals surface area contributed by atoms with Crippen LogP contribution in [0.1, 0.15) is 22.7 Å². The fraction of sp³-hybridized carbons (Fsp3) is 0.294. The zero-order valence-corrected chi connectivity index (χ0v) is 11.8. The van der Waals surface area contributed by atoms with Crippen molar-refractivity contribution >= 4 is 5.69 Å². The molecule has 2 aromatic carbocycles. The highest BCUT2D eigenvalue weighted by atomic mass is 16.5. The molecule has 1 unspecified atom stereocenters. The summed E-state index contributed by atoms with van der Waals surface area (Å²) in [6, 6.07) is 14.8. The van der Waals surface area contributed by atoms with Crippen LogP contribution in [0.15, 0.2) is 42.5 Å². The molecular formula is C17H19NO2. The fourth-order valence-corrected chi connectivity index (χ4v) is 2.61. The van der Waals surface area contributed by atoms with Gasteiger partial charge in [0.2, 0.25) is 0 Å². The van der Waals surface area contributed by atoms with Gasteiger partial charge in [-0.25, -0.2) is 0 Å². The van der Waals surface area contributed by atoms with E-state index in [1.54, 1.807) is 7.11 Å². The van der Waals surface area contributed by atoms with Gasteiger partial charge in [-0.1, -0.05) is 30.3 Å². The van der Waals surface area contributed by atoms with E-state index in [0.29, 0.717) is 13.2 Å². The molecule has 0 saturated heterocycles. The molecule has 3 rings (SSSR count). The monoisotopic (exact) mass is 269 g/mol. The first-order valence-corrected chi connectivity index (χ1v) is 6.84. The molecule has 0 spiro atoms. The normalized spacial score (nSPS) is 17.4. The number of hydrogen-bond acceptors (Lipinski definition) is 3. The van der Waals surface area contributed by atoms with Crippen LogP contribution in [-0.2, 0) is 11.3 Å². The summed E-state index contributed by atoms with van der Waals surface area (Å²) in [5.74, 6) is 0.869. The Morgan fingerprint density at radius 2 is 2.05 bits per heavy atom. The molecule has 0 aromatic heterocycles. The molecule has 1 aliphatic rings. The third-order valence-corrected chi connectivity index (χ3v) is 3.66. The maximum atomic E-state index is 5.67. The number of ether oxygens (including phenoxy) is 2. The molecule has 0 fully saturated rings. The molecule has 2 aromatic rings. The molecule has 3 heteroatoms. The minimum absolute atomic E-state index is 0.163. The average molecular weight is 269 g/mol. The van der Waals surface area contributed by atoms with Crippen LogP contribution in [-0.4, -0.2) is 13.7 Å². The first kappa shape index (κ1) is 13.0. The number of benzene rings is 2. The lowest BCUT2D eigenvalue weighted by molar-refractivity contribution is 0.0969. The highest BCUT2D eigenvalue weighted by molar-refractivity contribution is 5.59. The highest BCUT2D eigenvalue weighted by Crippen LogP contribution is 2.32. The van der Waals surface area contributed by atoms with Crippen molar-refractivity contribution in [2.45, 2.75) is 19.6 Å². The summed E-state index contributed by atoms with van der Waals surface area (Å²) in [6.45, 7) is 3.43. The quantitative estimate of drug-likeness (QED) is 0.922. The summed E-state index contributed by atoms with van der Waals surface area (Å²) < 4.78 is 11.1. The van der Waals surface area contributed by atoms with Crippen LogP contribution in [0.25, 0.3) is 0 Å². The second kappa shape index (κ2) is 5.55. The van der Waals surface area contributed by atoms with Gasteiger partial charge in [-0.3, -0.25) is 0 Å². The molecule has 0 amide bonds. The number of rotatable bonds is 3. The molecular weight excluding hydrogens is 250 g/mol. The molecule has 20 heavy (non-hydrogen) atoms. The molecule has 1 atom stereocenters. The van der Waals surface area contributed by atoms with E-state index in [9.17, 15) is 0 Å². The predicted octanol–water partition coefficient (Wildman–Crippen LogP) is 3.69. The smallest absolute Gasteiger partial charge is 0.142 e. The van der Waals surface area contributed by atoms with E-state index >= 15 is 0 Å². The highest BCUT2D eigenvalue weighted by Gasteiger charge is 2.21. The average Bonchev–Trinajstić information content (AvgIpc) is 2.49. The Balaban J connectivity index is 1.89. The number of nitrogens with one attached hydrogen (secondary N) is 1. The van der Waals surface area contributed by atoms with Crippen LogP contribution in [0.2, 0.25) is 0 Å². The van der Waals surface area contributed by atoms with Crippen molar-refractivity contribution < 1.29 is 9.47 Å². The van der Waals surface area contributed by atoms with Crippen LogP contribution < -0.4 is 10.1 Å². The van der Waals surface area contributed by atoms with E-state index in [4.69, 9.17) is 9.47 Å². The van der Waals surface area contributed by atoms with Gasteiger partial charge in [0.1, 0.15) is 5.75 Å². The lowest BCUT2D eigenvalue weighted by atomic mass is 9.99. The Morgan fingerprint density at radius 1 is 1.20 bits per heavy atom. The van der Waals surface area contributed by atoms with Crippen LogP contribution >= 0.6 is 0 Å². The van der Waals surface area contributed by atoms with E-state index < -0.39 is 0 Å². The summed E-state index contributed by atoms with van der Waals surface area (Å²) >= 11 is 0. The zero-order chi connectivity index (χ0) is 13.9. The van der Waals surface area contributed by atoms with Crippen molar-refractivity contribution in [3.63, 3.8) is 0 Å². The Hall–Kier alpha value is -2.00.